The first-order valence-corrected chi connectivity index (χ1v) is 7.07. The monoisotopic (exact) mass is 287 g/mol. The zero-order valence-corrected chi connectivity index (χ0v) is 12.5. The molecule has 2 N–H and O–H groups in total. The van der Waals surface area contributed by atoms with E-state index >= 15 is 0 Å². The van der Waals surface area contributed by atoms with E-state index in [1.807, 2.05) is 37.4 Å². The summed E-state index contributed by atoms with van der Waals surface area (Å²) >= 11 is 0. The van der Waals surface area contributed by atoms with E-state index in [9.17, 15) is 4.79 Å². The number of hydrogen-bond acceptors (Lipinski definition) is 3. The first-order chi connectivity index (χ1) is 10.2. The molecular weight excluding hydrogens is 266 g/mol. The molecule has 5 nitrogen and oxygen atoms in total. The Morgan fingerprint density at radius 1 is 1.33 bits per heavy atom. The highest BCUT2D eigenvalue weighted by molar-refractivity contribution is 5.78. The number of ether oxygens (including phenoxy) is 1. The maximum absolute atomic E-state index is 11.8. The smallest absolute Gasteiger partial charge is 0.224 e. The lowest BCUT2D eigenvalue weighted by Gasteiger charge is -2.06. The normalized spacial score (nSPS) is 10.4. The molecule has 1 aromatic heterocycles. The highest BCUT2D eigenvalue weighted by atomic mass is 16.5. The molecule has 2 aromatic rings. The topological polar surface area (TPSA) is 67.0 Å². The van der Waals surface area contributed by atoms with Gasteiger partial charge in [0.15, 0.2) is 0 Å². The molecule has 0 aliphatic rings. The fourth-order valence-electron chi connectivity index (χ4n) is 2.13. The number of hydrogen-bond donors (Lipinski definition) is 2. The molecular formula is C16H21N3O2. The molecule has 1 aromatic carbocycles. The standard InChI is InChI=1S/C16H21N3O2/c1-12-14(11-18-19-12)4-3-9-17-16(20)10-13-5-7-15(21-2)8-6-13/h5-8,11H,3-4,9-10H2,1-2H3,(H,17,20)(H,18,19). The summed E-state index contributed by atoms with van der Waals surface area (Å²) in [6.45, 7) is 2.68. The van der Waals surface area contributed by atoms with E-state index in [1.165, 1.54) is 5.56 Å². The van der Waals surface area contributed by atoms with Crippen molar-refractivity contribution in [2.75, 3.05) is 13.7 Å². The van der Waals surface area contributed by atoms with E-state index in [4.69, 9.17) is 4.74 Å². The quantitative estimate of drug-likeness (QED) is 0.766. The second-order valence-corrected chi connectivity index (χ2v) is 5.00. The molecule has 0 atom stereocenters. The van der Waals surface area contributed by atoms with Crippen LogP contribution < -0.4 is 10.1 Å². The average molecular weight is 287 g/mol. The van der Waals surface area contributed by atoms with Crippen molar-refractivity contribution in [1.82, 2.24) is 15.5 Å². The van der Waals surface area contributed by atoms with Gasteiger partial charge in [0, 0.05) is 12.2 Å². The summed E-state index contributed by atoms with van der Waals surface area (Å²) in [6.07, 6.45) is 4.07. The number of nitrogens with zero attached hydrogens (tertiary/aromatic N) is 1. The summed E-state index contributed by atoms with van der Waals surface area (Å²) in [6, 6.07) is 7.55. The molecule has 0 saturated heterocycles. The van der Waals surface area contributed by atoms with Gasteiger partial charge in [0.2, 0.25) is 5.91 Å². The third-order valence-electron chi connectivity index (χ3n) is 3.40. The van der Waals surface area contributed by atoms with Crippen LogP contribution >= 0.6 is 0 Å². The van der Waals surface area contributed by atoms with Crippen LogP contribution in [0.15, 0.2) is 30.5 Å². The Morgan fingerprint density at radius 3 is 2.71 bits per heavy atom. The van der Waals surface area contributed by atoms with Crippen molar-refractivity contribution in [3.63, 3.8) is 0 Å². The Hall–Kier alpha value is -2.30. The van der Waals surface area contributed by atoms with E-state index in [2.05, 4.69) is 15.5 Å². The molecule has 0 radical (unpaired) electrons. The number of methoxy groups -OCH3 is 1. The second kappa shape index (κ2) is 7.47. The number of benzene rings is 1. The van der Waals surface area contributed by atoms with Crippen molar-refractivity contribution < 1.29 is 9.53 Å². The van der Waals surface area contributed by atoms with Crippen molar-refractivity contribution in [3.8, 4) is 5.75 Å². The van der Waals surface area contributed by atoms with E-state index in [-0.39, 0.29) is 5.91 Å². The van der Waals surface area contributed by atoms with Crippen LogP contribution in [0.5, 0.6) is 5.75 Å². The van der Waals surface area contributed by atoms with Gasteiger partial charge in [0.1, 0.15) is 5.75 Å². The molecule has 0 aliphatic heterocycles. The SMILES string of the molecule is COc1ccc(CC(=O)NCCCc2cn[nH]c2C)cc1. The van der Waals surface area contributed by atoms with Crippen LogP contribution in [0.3, 0.4) is 0 Å². The predicted molar refractivity (Wildman–Crippen MR) is 81.4 cm³/mol. The van der Waals surface area contributed by atoms with Gasteiger partial charge in [-0.2, -0.15) is 5.10 Å². The van der Waals surface area contributed by atoms with Crippen LogP contribution in [0.1, 0.15) is 23.2 Å². The van der Waals surface area contributed by atoms with Gasteiger partial charge in [-0.25, -0.2) is 0 Å². The number of carbonyl (C=O) groups is 1. The number of carbonyl (C=O) groups excluding carboxylic acids is 1. The van der Waals surface area contributed by atoms with E-state index in [0.29, 0.717) is 13.0 Å². The van der Waals surface area contributed by atoms with Crippen LogP contribution in [-0.4, -0.2) is 29.8 Å². The molecule has 1 heterocycles. The number of aromatic amines is 1. The fourth-order valence-corrected chi connectivity index (χ4v) is 2.13. The maximum Gasteiger partial charge on any atom is 0.224 e. The van der Waals surface area contributed by atoms with Crippen LogP contribution in [0.25, 0.3) is 0 Å². The fraction of sp³-hybridized carbons (Fsp3) is 0.375. The molecule has 2 rings (SSSR count). The zero-order valence-electron chi connectivity index (χ0n) is 12.5. The highest BCUT2D eigenvalue weighted by Gasteiger charge is 2.04. The van der Waals surface area contributed by atoms with Gasteiger partial charge in [0.05, 0.1) is 19.7 Å². The Balaban J connectivity index is 1.68. The lowest BCUT2D eigenvalue weighted by atomic mass is 10.1. The molecule has 0 aliphatic carbocycles. The molecule has 0 spiro atoms. The van der Waals surface area contributed by atoms with Crippen LogP contribution in [0, 0.1) is 6.92 Å². The first-order valence-electron chi connectivity index (χ1n) is 7.07. The van der Waals surface area contributed by atoms with Crippen LogP contribution in [-0.2, 0) is 17.6 Å². The average Bonchev–Trinajstić information content (AvgIpc) is 2.90. The van der Waals surface area contributed by atoms with E-state index in [0.717, 1.165) is 29.8 Å². The summed E-state index contributed by atoms with van der Waals surface area (Å²) in [4.78, 5) is 11.8. The molecule has 112 valence electrons. The molecule has 0 fully saturated rings. The minimum absolute atomic E-state index is 0.0454. The predicted octanol–water partition coefficient (Wildman–Crippen LogP) is 2.02. The molecule has 0 saturated carbocycles. The largest absolute Gasteiger partial charge is 0.497 e. The Labute approximate surface area is 124 Å². The Kier molecular flexibility index (Phi) is 5.37. The number of nitrogens with one attached hydrogen (secondary N) is 2. The number of amides is 1. The number of aryl methyl sites for hydroxylation is 2. The molecule has 0 unspecified atom stereocenters. The summed E-state index contributed by atoms with van der Waals surface area (Å²) in [5.41, 5.74) is 3.29. The highest BCUT2D eigenvalue weighted by Crippen LogP contribution is 2.11. The van der Waals surface area contributed by atoms with Gasteiger partial charge in [-0.05, 0) is 43.0 Å². The van der Waals surface area contributed by atoms with Crippen molar-refractivity contribution in [2.24, 2.45) is 0 Å². The summed E-state index contributed by atoms with van der Waals surface area (Å²) < 4.78 is 5.09. The van der Waals surface area contributed by atoms with Gasteiger partial charge >= 0.3 is 0 Å². The van der Waals surface area contributed by atoms with Crippen molar-refractivity contribution >= 4 is 5.91 Å². The van der Waals surface area contributed by atoms with Crippen molar-refractivity contribution in [3.05, 3.63) is 47.3 Å². The lowest BCUT2D eigenvalue weighted by Crippen LogP contribution is -2.26. The van der Waals surface area contributed by atoms with Gasteiger partial charge in [-0.15, -0.1) is 0 Å². The zero-order chi connectivity index (χ0) is 15.1. The summed E-state index contributed by atoms with van der Waals surface area (Å²) in [5.74, 6) is 0.846. The summed E-state index contributed by atoms with van der Waals surface area (Å²) in [7, 11) is 1.63. The van der Waals surface area contributed by atoms with Gasteiger partial charge in [-0.1, -0.05) is 12.1 Å². The minimum atomic E-state index is 0.0454. The number of H-pyrrole nitrogens is 1. The minimum Gasteiger partial charge on any atom is -0.497 e. The summed E-state index contributed by atoms with van der Waals surface area (Å²) in [5, 5.41) is 9.84. The maximum atomic E-state index is 11.8. The molecule has 1 amide bonds. The van der Waals surface area contributed by atoms with Crippen molar-refractivity contribution in [1.29, 1.82) is 0 Å². The molecule has 5 heteroatoms. The lowest BCUT2D eigenvalue weighted by molar-refractivity contribution is -0.120. The Morgan fingerprint density at radius 2 is 2.10 bits per heavy atom. The third-order valence-corrected chi connectivity index (χ3v) is 3.40. The van der Waals surface area contributed by atoms with Gasteiger partial charge in [-0.3, -0.25) is 9.89 Å². The van der Waals surface area contributed by atoms with Crippen LogP contribution in [0.2, 0.25) is 0 Å². The molecule has 0 bridgehead atoms. The van der Waals surface area contributed by atoms with Gasteiger partial charge in [0.25, 0.3) is 0 Å². The number of aromatic nitrogens is 2. The first kappa shape index (κ1) is 15.1. The third kappa shape index (κ3) is 4.63. The van der Waals surface area contributed by atoms with E-state index < -0.39 is 0 Å². The van der Waals surface area contributed by atoms with Crippen LogP contribution in [0.4, 0.5) is 0 Å². The molecule has 21 heavy (non-hydrogen) atoms. The number of rotatable bonds is 7. The van der Waals surface area contributed by atoms with E-state index in [1.54, 1.807) is 7.11 Å². The van der Waals surface area contributed by atoms with Gasteiger partial charge < -0.3 is 10.1 Å². The Bertz CT molecular complexity index is 575. The second-order valence-electron chi connectivity index (χ2n) is 5.00. The van der Waals surface area contributed by atoms with Crippen molar-refractivity contribution in [2.45, 2.75) is 26.2 Å².